The Hall–Kier alpha value is -1.42. The van der Waals surface area contributed by atoms with Crippen molar-refractivity contribution >= 4 is 5.91 Å². The van der Waals surface area contributed by atoms with Crippen LogP contribution in [-0.4, -0.2) is 36.5 Å². The molecule has 3 aliphatic rings. The molecule has 136 valence electrons. The first kappa shape index (κ1) is 17.0. The van der Waals surface area contributed by atoms with E-state index in [0.717, 1.165) is 63.7 Å². The number of benzene rings is 1. The second-order valence-electron chi connectivity index (χ2n) is 8.22. The number of piperidine rings is 1. The molecule has 25 heavy (non-hydrogen) atoms. The lowest BCUT2D eigenvalue weighted by molar-refractivity contribution is -0.134. The predicted octanol–water partition coefficient (Wildman–Crippen LogP) is 3.63. The molecule has 4 heteroatoms. The van der Waals surface area contributed by atoms with E-state index in [9.17, 15) is 9.18 Å². The van der Waals surface area contributed by atoms with Crippen LogP contribution in [0.2, 0.25) is 0 Å². The highest BCUT2D eigenvalue weighted by atomic mass is 19.1. The van der Waals surface area contributed by atoms with Gasteiger partial charge in [-0.05, 0) is 81.0 Å². The van der Waals surface area contributed by atoms with E-state index in [1.807, 2.05) is 6.07 Å². The van der Waals surface area contributed by atoms with Gasteiger partial charge >= 0.3 is 0 Å². The van der Waals surface area contributed by atoms with Gasteiger partial charge < -0.3 is 10.2 Å². The summed E-state index contributed by atoms with van der Waals surface area (Å²) in [5.41, 5.74) is 1.15. The molecule has 0 bridgehead atoms. The van der Waals surface area contributed by atoms with E-state index < -0.39 is 0 Å². The first-order valence-corrected chi connectivity index (χ1v) is 9.95. The Kier molecular flexibility index (Phi) is 4.81. The maximum atomic E-state index is 13.9. The topological polar surface area (TPSA) is 32.3 Å². The summed E-state index contributed by atoms with van der Waals surface area (Å²) in [4.78, 5) is 14.4. The molecule has 1 atom stereocenters. The molecule has 0 radical (unpaired) electrons. The zero-order valence-electron chi connectivity index (χ0n) is 15.0. The minimum absolute atomic E-state index is 0.0205. The number of nitrogens with zero attached hydrogens (tertiary/aromatic N) is 1. The summed E-state index contributed by atoms with van der Waals surface area (Å²) in [6.07, 6.45) is 8.80. The van der Waals surface area contributed by atoms with Crippen LogP contribution in [0.1, 0.15) is 56.9 Å². The molecule has 1 aromatic rings. The monoisotopic (exact) mass is 344 g/mol. The summed E-state index contributed by atoms with van der Waals surface area (Å²) >= 11 is 0. The Morgan fingerprint density at radius 2 is 2.04 bits per heavy atom. The number of carbonyl (C=O) groups excluding carboxylic acids is 1. The number of likely N-dealkylation sites (tertiary alicyclic amines) is 1. The van der Waals surface area contributed by atoms with Gasteiger partial charge in [0, 0.05) is 25.0 Å². The molecule has 2 aliphatic heterocycles. The van der Waals surface area contributed by atoms with Gasteiger partial charge in [-0.25, -0.2) is 4.39 Å². The van der Waals surface area contributed by atoms with Gasteiger partial charge in [-0.1, -0.05) is 12.1 Å². The maximum Gasteiger partial charge on any atom is 0.225 e. The molecule has 0 aromatic heterocycles. The van der Waals surface area contributed by atoms with Gasteiger partial charge in [-0.2, -0.15) is 0 Å². The van der Waals surface area contributed by atoms with Gasteiger partial charge in [-0.15, -0.1) is 0 Å². The van der Waals surface area contributed by atoms with Crippen molar-refractivity contribution in [3.63, 3.8) is 0 Å². The summed E-state index contributed by atoms with van der Waals surface area (Å²) in [6, 6.07) is 7.78. The number of amides is 1. The van der Waals surface area contributed by atoms with Crippen molar-refractivity contribution in [1.82, 2.24) is 10.2 Å². The Morgan fingerprint density at radius 3 is 2.68 bits per heavy atom. The van der Waals surface area contributed by atoms with Crippen molar-refractivity contribution in [1.29, 1.82) is 0 Å². The van der Waals surface area contributed by atoms with Crippen LogP contribution in [-0.2, 0) is 10.2 Å². The molecule has 2 heterocycles. The maximum absolute atomic E-state index is 13.9. The predicted molar refractivity (Wildman–Crippen MR) is 96.9 cm³/mol. The van der Waals surface area contributed by atoms with E-state index in [4.69, 9.17) is 0 Å². The average molecular weight is 344 g/mol. The number of nitrogens with one attached hydrogen (secondary N) is 1. The minimum Gasteiger partial charge on any atom is -0.342 e. The standard InChI is InChI=1S/C21H29FN2O/c22-18-4-1-3-17(15-18)21(9-8-19-5-2-12-23-19)10-13-24(14-11-21)20(25)16-6-7-16/h1,3-4,15-16,19,23H,2,5-14H2. The van der Waals surface area contributed by atoms with Crippen LogP contribution in [0.15, 0.2) is 24.3 Å². The first-order chi connectivity index (χ1) is 12.2. The molecule has 0 spiro atoms. The molecule has 1 N–H and O–H groups in total. The fraction of sp³-hybridized carbons (Fsp3) is 0.667. The molecule has 3 fully saturated rings. The van der Waals surface area contributed by atoms with Crippen molar-refractivity contribution < 1.29 is 9.18 Å². The molecule has 2 saturated heterocycles. The summed E-state index contributed by atoms with van der Waals surface area (Å²) in [5, 5.41) is 3.59. The molecule has 1 aromatic carbocycles. The third kappa shape index (κ3) is 3.74. The lowest BCUT2D eigenvalue weighted by atomic mass is 9.69. The SMILES string of the molecule is O=C(C1CC1)N1CCC(CCC2CCCN2)(c2cccc(F)c2)CC1. The number of hydrogen-bond acceptors (Lipinski definition) is 2. The van der Waals surface area contributed by atoms with Gasteiger partial charge in [0.1, 0.15) is 5.82 Å². The summed E-state index contributed by atoms with van der Waals surface area (Å²) < 4.78 is 13.9. The Bertz CT molecular complexity index is 614. The van der Waals surface area contributed by atoms with Crippen molar-refractivity contribution in [3.8, 4) is 0 Å². The highest BCUT2D eigenvalue weighted by Gasteiger charge is 2.41. The van der Waals surface area contributed by atoms with Crippen molar-refractivity contribution in [2.75, 3.05) is 19.6 Å². The van der Waals surface area contributed by atoms with Gasteiger partial charge in [0.15, 0.2) is 0 Å². The normalized spacial score (nSPS) is 26.0. The van der Waals surface area contributed by atoms with Gasteiger partial charge in [0.2, 0.25) is 5.91 Å². The Morgan fingerprint density at radius 1 is 1.24 bits per heavy atom. The molecule has 4 rings (SSSR count). The van der Waals surface area contributed by atoms with Crippen LogP contribution in [0.5, 0.6) is 0 Å². The average Bonchev–Trinajstić information content (AvgIpc) is 3.36. The lowest BCUT2D eigenvalue weighted by Gasteiger charge is -2.43. The molecular weight excluding hydrogens is 315 g/mol. The third-order valence-corrected chi connectivity index (χ3v) is 6.53. The summed E-state index contributed by atoms with van der Waals surface area (Å²) in [5.74, 6) is 0.502. The second kappa shape index (κ2) is 7.06. The van der Waals surface area contributed by atoms with E-state index in [-0.39, 0.29) is 11.2 Å². The smallest absolute Gasteiger partial charge is 0.225 e. The van der Waals surface area contributed by atoms with Crippen molar-refractivity contribution in [2.45, 2.75) is 62.8 Å². The fourth-order valence-corrected chi connectivity index (χ4v) is 4.70. The molecule has 1 saturated carbocycles. The number of hydrogen-bond donors (Lipinski definition) is 1. The number of rotatable bonds is 5. The zero-order chi connectivity index (χ0) is 17.3. The van der Waals surface area contributed by atoms with E-state index in [1.165, 1.54) is 18.9 Å². The highest BCUT2D eigenvalue weighted by Crippen LogP contribution is 2.42. The van der Waals surface area contributed by atoms with Crippen LogP contribution in [0.4, 0.5) is 4.39 Å². The largest absolute Gasteiger partial charge is 0.342 e. The van der Waals surface area contributed by atoms with Crippen molar-refractivity contribution in [2.24, 2.45) is 5.92 Å². The van der Waals surface area contributed by atoms with Crippen LogP contribution in [0.3, 0.4) is 0 Å². The highest BCUT2D eigenvalue weighted by molar-refractivity contribution is 5.81. The van der Waals surface area contributed by atoms with Crippen LogP contribution in [0, 0.1) is 11.7 Å². The zero-order valence-corrected chi connectivity index (χ0v) is 15.0. The minimum atomic E-state index is -0.146. The Balaban J connectivity index is 1.49. The van der Waals surface area contributed by atoms with E-state index in [1.54, 1.807) is 6.07 Å². The van der Waals surface area contributed by atoms with Crippen LogP contribution < -0.4 is 5.32 Å². The molecule has 1 aliphatic carbocycles. The fourth-order valence-electron chi connectivity index (χ4n) is 4.70. The van der Waals surface area contributed by atoms with Gasteiger partial charge in [0.05, 0.1) is 0 Å². The van der Waals surface area contributed by atoms with E-state index in [2.05, 4.69) is 16.3 Å². The molecular formula is C21H29FN2O. The van der Waals surface area contributed by atoms with E-state index in [0.29, 0.717) is 17.9 Å². The second-order valence-corrected chi connectivity index (χ2v) is 8.22. The van der Waals surface area contributed by atoms with Gasteiger partial charge in [0.25, 0.3) is 0 Å². The van der Waals surface area contributed by atoms with Crippen LogP contribution in [0.25, 0.3) is 0 Å². The summed E-state index contributed by atoms with van der Waals surface area (Å²) in [6.45, 7) is 2.77. The van der Waals surface area contributed by atoms with E-state index >= 15 is 0 Å². The molecule has 1 unspecified atom stereocenters. The Labute approximate surface area is 150 Å². The molecule has 3 nitrogen and oxygen atoms in total. The third-order valence-electron chi connectivity index (χ3n) is 6.53. The van der Waals surface area contributed by atoms with Crippen LogP contribution >= 0.6 is 0 Å². The first-order valence-electron chi connectivity index (χ1n) is 9.95. The number of halogens is 1. The summed E-state index contributed by atoms with van der Waals surface area (Å²) in [7, 11) is 0. The van der Waals surface area contributed by atoms with Crippen molar-refractivity contribution in [3.05, 3.63) is 35.6 Å². The number of carbonyl (C=O) groups is 1. The van der Waals surface area contributed by atoms with Gasteiger partial charge in [-0.3, -0.25) is 4.79 Å². The molecule has 1 amide bonds. The quantitative estimate of drug-likeness (QED) is 0.885. The lowest BCUT2D eigenvalue weighted by Crippen LogP contribution is -2.46.